The molecule has 82 valence electrons. The summed E-state index contributed by atoms with van der Waals surface area (Å²) in [4.78, 5) is 0. The molecule has 0 saturated carbocycles. The van der Waals surface area contributed by atoms with Gasteiger partial charge in [-0.15, -0.1) is 0 Å². The zero-order chi connectivity index (χ0) is 10.3. The number of fused-ring (bicyclic) bond motifs is 1. The highest BCUT2D eigenvalue weighted by atomic mass is 16.7. The second-order valence-corrected chi connectivity index (χ2v) is 5.44. The van der Waals surface area contributed by atoms with Crippen LogP contribution in [0.15, 0.2) is 0 Å². The summed E-state index contributed by atoms with van der Waals surface area (Å²) in [5.41, 5.74) is 0. The number of rotatable bonds is 2. The third-order valence-corrected chi connectivity index (χ3v) is 3.56. The minimum absolute atomic E-state index is 0.106. The number of ether oxygens (including phenoxy) is 2. The summed E-state index contributed by atoms with van der Waals surface area (Å²) in [6.45, 7) is 8.91. The van der Waals surface area contributed by atoms with Crippen LogP contribution < -0.4 is 0 Å². The second-order valence-electron chi connectivity index (χ2n) is 5.44. The molecule has 0 unspecified atom stereocenters. The van der Waals surface area contributed by atoms with Gasteiger partial charge in [-0.1, -0.05) is 27.7 Å². The molecule has 0 N–H and O–H groups in total. The van der Waals surface area contributed by atoms with Crippen LogP contribution >= 0.6 is 0 Å². The minimum Gasteiger partial charge on any atom is -0.349 e. The van der Waals surface area contributed by atoms with Crippen molar-refractivity contribution in [2.75, 3.05) is 0 Å². The Kier molecular flexibility index (Phi) is 2.85. The predicted molar refractivity (Wildman–Crippen MR) is 55.9 cm³/mol. The van der Waals surface area contributed by atoms with Crippen LogP contribution in [0.4, 0.5) is 0 Å². The first kappa shape index (κ1) is 10.4. The van der Waals surface area contributed by atoms with Crippen LogP contribution in [0.1, 0.15) is 40.5 Å². The molecule has 2 heterocycles. The van der Waals surface area contributed by atoms with E-state index in [1.54, 1.807) is 0 Å². The van der Waals surface area contributed by atoms with Crippen molar-refractivity contribution in [1.29, 1.82) is 0 Å². The summed E-state index contributed by atoms with van der Waals surface area (Å²) in [7, 11) is 0. The van der Waals surface area contributed by atoms with E-state index in [1.165, 1.54) is 12.8 Å². The first-order valence-electron chi connectivity index (χ1n) is 5.89. The monoisotopic (exact) mass is 198 g/mol. The van der Waals surface area contributed by atoms with Gasteiger partial charge in [0.15, 0.2) is 6.29 Å². The van der Waals surface area contributed by atoms with E-state index in [-0.39, 0.29) is 6.29 Å². The van der Waals surface area contributed by atoms with E-state index < -0.39 is 0 Å². The van der Waals surface area contributed by atoms with Gasteiger partial charge in [-0.3, -0.25) is 0 Å². The highest BCUT2D eigenvalue weighted by Crippen LogP contribution is 2.41. The van der Waals surface area contributed by atoms with E-state index in [0.29, 0.717) is 30.0 Å². The maximum Gasteiger partial charge on any atom is 0.161 e. The first-order chi connectivity index (χ1) is 6.58. The van der Waals surface area contributed by atoms with Gasteiger partial charge in [-0.2, -0.15) is 0 Å². The summed E-state index contributed by atoms with van der Waals surface area (Å²) in [6, 6.07) is 0. The molecule has 0 aromatic rings. The van der Waals surface area contributed by atoms with Crippen molar-refractivity contribution in [1.82, 2.24) is 0 Å². The van der Waals surface area contributed by atoms with Crippen molar-refractivity contribution in [3.8, 4) is 0 Å². The lowest BCUT2D eigenvalue weighted by Crippen LogP contribution is -2.22. The van der Waals surface area contributed by atoms with Crippen molar-refractivity contribution < 1.29 is 9.47 Å². The second kappa shape index (κ2) is 3.82. The summed E-state index contributed by atoms with van der Waals surface area (Å²) in [5.74, 6) is 1.91. The van der Waals surface area contributed by atoms with Crippen molar-refractivity contribution in [3.63, 3.8) is 0 Å². The number of hydrogen-bond acceptors (Lipinski definition) is 2. The predicted octanol–water partition coefficient (Wildman–Crippen LogP) is 2.82. The van der Waals surface area contributed by atoms with Gasteiger partial charge in [0.25, 0.3) is 0 Å². The SMILES string of the molecule is CC(C)[C@H]1CC2C[C@H](C(C)C)OC2O1. The molecule has 2 saturated heterocycles. The Hall–Kier alpha value is -0.0800. The van der Waals surface area contributed by atoms with Crippen LogP contribution in [0.5, 0.6) is 0 Å². The van der Waals surface area contributed by atoms with Gasteiger partial charge >= 0.3 is 0 Å². The lowest BCUT2D eigenvalue weighted by atomic mass is 9.92. The third kappa shape index (κ3) is 1.82. The first-order valence-corrected chi connectivity index (χ1v) is 5.89. The molecule has 0 aromatic heterocycles. The van der Waals surface area contributed by atoms with Gasteiger partial charge in [0.2, 0.25) is 0 Å². The normalized spacial score (nSPS) is 42.4. The molecular weight excluding hydrogens is 176 g/mol. The Morgan fingerprint density at radius 1 is 0.857 bits per heavy atom. The zero-order valence-corrected chi connectivity index (χ0v) is 9.69. The maximum atomic E-state index is 5.90. The summed E-state index contributed by atoms with van der Waals surface area (Å²) in [5, 5.41) is 0. The maximum absolute atomic E-state index is 5.90. The van der Waals surface area contributed by atoms with Gasteiger partial charge in [-0.05, 0) is 24.7 Å². The molecule has 2 nitrogen and oxygen atoms in total. The van der Waals surface area contributed by atoms with E-state index >= 15 is 0 Å². The van der Waals surface area contributed by atoms with Crippen LogP contribution in [0, 0.1) is 17.8 Å². The molecular formula is C12H22O2. The van der Waals surface area contributed by atoms with E-state index in [0.717, 1.165) is 0 Å². The topological polar surface area (TPSA) is 18.5 Å². The molecule has 0 aliphatic carbocycles. The Balaban J connectivity index is 1.90. The lowest BCUT2D eigenvalue weighted by molar-refractivity contribution is -0.152. The molecule has 2 heteroatoms. The standard InChI is InChI=1S/C12H22O2/c1-7(2)10-5-9-6-11(8(3)4)14-12(9)13-10/h7-12H,5-6H2,1-4H3/t9?,10-,11-,12?/m1/s1. The molecule has 2 rings (SSSR count). The van der Waals surface area contributed by atoms with Crippen LogP contribution in [0.2, 0.25) is 0 Å². The molecule has 2 aliphatic rings. The Morgan fingerprint density at radius 2 is 1.29 bits per heavy atom. The highest BCUT2D eigenvalue weighted by Gasteiger charge is 2.45. The van der Waals surface area contributed by atoms with Crippen LogP contribution in [-0.4, -0.2) is 18.5 Å². The quantitative estimate of drug-likeness (QED) is 0.679. The Morgan fingerprint density at radius 3 is 1.57 bits per heavy atom. The Labute approximate surface area is 87.0 Å². The Bertz CT molecular complexity index is 166. The summed E-state index contributed by atoms with van der Waals surface area (Å²) >= 11 is 0. The van der Waals surface area contributed by atoms with Gasteiger partial charge in [0.05, 0.1) is 12.2 Å². The van der Waals surface area contributed by atoms with Gasteiger partial charge < -0.3 is 9.47 Å². The van der Waals surface area contributed by atoms with Gasteiger partial charge in [-0.25, -0.2) is 0 Å². The summed E-state index contributed by atoms with van der Waals surface area (Å²) in [6.07, 6.45) is 3.36. The van der Waals surface area contributed by atoms with E-state index in [4.69, 9.17) is 9.47 Å². The fraction of sp³-hybridized carbons (Fsp3) is 1.00. The molecule has 2 fully saturated rings. The van der Waals surface area contributed by atoms with E-state index in [9.17, 15) is 0 Å². The third-order valence-electron chi connectivity index (χ3n) is 3.56. The largest absolute Gasteiger partial charge is 0.349 e. The van der Waals surface area contributed by atoms with Crippen molar-refractivity contribution >= 4 is 0 Å². The number of hydrogen-bond donors (Lipinski definition) is 0. The highest BCUT2D eigenvalue weighted by molar-refractivity contribution is 4.87. The summed E-state index contributed by atoms with van der Waals surface area (Å²) < 4.78 is 11.8. The van der Waals surface area contributed by atoms with Crippen LogP contribution in [0.3, 0.4) is 0 Å². The molecule has 14 heavy (non-hydrogen) atoms. The van der Waals surface area contributed by atoms with Crippen molar-refractivity contribution in [2.45, 2.75) is 59.0 Å². The van der Waals surface area contributed by atoms with Crippen LogP contribution in [-0.2, 0) is 9.47 Å². The molecule has 2 aliphatic heterocycles. The van der Waals surface area contributed by atoms with E-state index in [1.807, 2.05) is 0 Å². The smallest absolute Gasteiger partial charge is 0.161 e. The van der Waals surface area contributed by atoms with Crippen LogP contribution in [0.25, 0.3) is 0 Å². The average Bonchev–Trinajstić information content (AvgIpc) is 2.57. The molecule has 0 amide bonds. The fourth-order valence-corrected chi connectivity index (χ4v) is 2.48. The molecule has 0 aromatic carbocycles. The molecule has 0 radical (unpaired) electrons. The molecule has 0 spiro atoms. The van der Waals surface area contributed by atoms with Crippen molar-refractivity contribution in [3.05, 3.63) is 0 Å². The minimum atomic E-state index is 0.106. The van der Waals surface area contributed by atoms with Gasteiger partial charge in [0.1, 0.15) is 0 Å². The van der Waals surface area contributed by atoms with Crippen molar-refractivity contribution in [2.24, 2.45) is 17.8 Å². The van der Waals surface area contributed by atoms with Gasteiger partial charge in [0, 0.05) is 5.92 Å². The molecule has 0 bridgehead atoms. The lowest BCUT2D eigenvalue weighted by Gasteiger charge is -2.20. The fourth-order valence-electron chi connectivity index (χ4n) is 2.48. The zero-order valence-electron chi connectivity index (χ0n) is 9.69. The molecule has 2 atom stereocenters. The van der Waals surface area contributed by atoms with E-state index in [2.05, 4.69) is 27.7 Å². The average molecular weight is 198 g/mol.